The van der Waals surface area contributed by atoms with Crippen molar-refractivity contribution < 1.29 is 67.4 Å². The Hall–Kier alpha value is -12.6. The molecule has 0 aliphatic heterocycles. The minimum absolute atomic E-state index is 0.0493. The van der Waals surface area contributed by atoms with Crippen molar-refractivity contribution in [2.45, 2.75) is 51.7 Å². The van der Waals surface area contributed by atoms with Crippen molar-refractivity contribution in [3.05, 3.63) is 126 Å². The number of amides is 12. The van der Waals surface area contributed by atoms with Crippen molar-refractivity contribution >= 4 is 111 Å². The van der Waals surface area contributed by atoms with E-state index < -0.39 is 82.7 Å². The molecule has 99 heavy (non-hydrogen) atoms. The van der Waals surface area contributed by atoms with Gasteiger partial charge in [0.05, 0.1) is 29.4 Å². The molecule has 0 fully saturated rings. The lowest BCUT2D eigenvalue weighted by Crippen LogP contribution is -2.47. The normalized spacial score (nSPS) is 11.4. The van der Waals surface area contributed by atoms with Gasteiger partial charge in [0.25, 0.3) is 47.3 Å². The van der Waals surface area contributed by atoms with Crippen molar-refractivity contribution in [2.75, 3.05) is 70.0 Å². The zero-order chi connectivity index (χ0) is 72.2. The van der Waals surface area contributed by atoms with Crippen LogP contribution in [0.2, 0.25) is 0 Å². The Morgan fingerprint density at radius 1 is 0.424 bits per heavy atom. The van der Waals surface area contributed by atoms with E-state index in [1.54, 1.807) is 80.0 Å². The number of aliphatic hydroxyl groups excluding tert-OH is 1. The summed E-state index contributed by atoms with van der Waals surface area (Å²) in [7, 11) is 12.6. The minimum atomic E-state index is -1.33. The van der Waals surface area contributed by atoms with Gasteiger partial charge in [0, 0.05) is 151 Å². The van der Waals surface area contributed by atoms with Crippen molar-refractivity contribution in [2.24, 2.45) is 56.4 Å². The van der Waals surface area contributed by atoms with Crippen LogP contribution in [-0.4, -0.2) is 177 Å². The first-order valence-corrected chi connectivity index (χ1v) is 30.4. The summed E-state index contributed by atoms with van der Waals surface area (Å²) in [5, 5.41) is 40.5. The van der Waals surface area contributed by atoms with Crippen LogP contribution in [0, 0.1) is 0 Å². The van der Waals surface area contributed by atoms with E-state index in [1.165, 1.54) is 114 Å². The number of imidazole rings is 4. The fourth-order valence-electron chi connectivity index (χ4n) is 9.76. The maximum absolute atomic E-state index is 13.9. The number of nitrogens with one attached hydrogen (secondary N) is 12. The van der Waals surface area contributed by atoms with Crippen molar-refractivity contribution in [1.82, 2.24) is 83.1 Å². The molecule has 8 rings (SSSR count). The molecule has 1 atom stereocenters. The second-order valence-corrected chi connectivity index (χ2v) is 23.6. The Morgan fingerprint density at radius 2 is 0.768 bits per heavy atom. The number of anilines is 7. The second-order valence-electron chi connectivity index (χ2n) is 23.6. The third kappa shape index (κ3) is 19.1. The van der Waals surface area contributed by atoms with E-state index in [0.717, 1.165) is 0 Å². The van der Waals surface area contributed by atoms with E-state index in [4.69, 9.17) is 9.84 Å². The van der Waals surface area contributed by atoms with Crippen molar-refractivity contribution in [3.8, 4) is 0 Å². The molecular weight excluding hydrogens is 1290 g/mol. The van der Waals surface area contributed by atoms with E-state index in [2.05, 4.69) is 83.7 Å². The predicted octanol–water partition coefficient (Wildman–Crippen LogP) is 0.875. The fraction of sp³-hybridized carbons (Fsp3) is 0.344. The van der Waals surface area contributed by atoms with E-state index >= 15 is 0 Å². The molecule has 0 unspecified atom stereocenters. The molecule has 38 nitrogen and oxygen atoms in total. The Bertz CT molecular complexity index is 4430. The third-order valence-electron chi connectivity index (χ3n) is 14.4. The number of alkyl carbamates (subject to hydrolysis) is 1. The van der Waals surface area contributed by atoms with Gasteiger partial charge in [-0.3, -0.25) is 52.7 Å². The molecule has 8 heterocycles. The van der Waals surface area contributed by atoms with Gasteiger partial charge in [-0.2, -0.15) is 0 Å². The Labute approximate surface area is 564 Å². The number of ether oxygens (including phenoxy) is 1. The molecule has 524 valence electrons. The standard InChI is InChI=1S/C61H76N24O14/c1-61(2,3)99-60(98)71-37(12-15-63-52(90)38-23-34(27-80(38)6)68-57(95)48-74-42(30-83(48)9)72-45(87)13-16-64-53(91)39-22-33(26-79(39)5)67-56(94)47-62-18-20-78(47)4)51(89)77-44-32-85(11)50(76-44)59(97)70-35-24-40(81(7)28-35)54(92)65-17-14-46(88)73-43-31-84(10)49(75-43)58(96)69-36-25-41(82(8)29-36)55(93)66-19-21-86/h18,20,22-32,37,86H,12-17,19,21H2,1-11H3,(H,63,90)(H,64,91)(H,65,92)(H,66,93)(H,67,94)(H,68,95)(H,69,96)(H,70,97)(H,71,98)(H,72,87)(H,73,88)(H,77,89)/t37-/m1/s1. The van der Waals surface area contributed by atoms with Crippen LogP contribution < -0.4 is 63.8 Å². The summed E-state index contributed by atoms with van der Waals surface area (Å²) >= 11 is 0. The van der Waals surface area contributed by atoms with E-state index in [-0.39, 0.29) is 127 Å². The van der Waals surface area contributed by atoms with Gasteiger partial charge in [0.15, 0.2) is 23.3 Å². The summed E-state index contributed by atoms with van der Waals surface area (Å²) in [5.74, 6) is -6.60. The molecule has 0 radical (unpaired) electrons. The first kappa shape index (κ1) is 72.2. The predicted molar refractivity (Wildman–Crippen MR) is 356 cm³/mol. The highest BCUT2D eigenvalue weighted by Crippen LogP contribution is 2.21. The minimum Gasteiger partial charge on any atom is -0.444 e. The number of aromatic nitrogens is 12. The quantitative estimate of drug-likeness (QED) is 0.0324. The van der Waals surface area contributed by atoms with E-state index in [1.807, 2.05) is 0 Å². The summed E-state index contributed by atoms with van der Waals surface area (Å²) in [6.45, 7) is 4.35. The Morgan fingerprint density at radius 3 is 1.11 bits per heavy atom. The smallest absolute Gasteiger partial charge is 0.408 e. The molecule has 12 amide bonds. The van der Waals surface area contributed by atoms with Crippen LogP contribution in [0.25, 0.3) is 0 Å². The molecule has 0 spiro atoms. The zero-order valence-corrected chi connectivity index (χ0v) is 55.9. The molecule has 13 N–H and O–H groups in total. The van der Waals surface area contributed by atoms with Gasteiger partial charge >= 0.3 is 6.09 Å². The molecule has 0 aliphatic carbocycles. The molecule has 8 aromatic heterocycles. The molecule has 0 saturated heterocycles. The number of hydrogen-bond acceptors (Lipinski definition) is 18. The highest BCUT2D eigenvalue weighted by atomic mass is 16.6. The number of aryl methyl sites for hydroxylation is 8. The lowest BCUT2D eigenvalue weighted by Gasteiger charge is -2.23. The van der Waals surface area contributed by atoms with Gasteiger partial charge in [-0.1, -0.05) is 0 Å². The Kier molecular flexibility index (Phi) is 22.8. The van der Waals surface area contributed by atoms with Gasteiger partial charge in [-0.25, -0.2) is 24.7 Å². The van der Waals surface area contributed by atoms with Gasteiger partial charge in [-0.15, -0.1) is 0 Å². The van der Waals surface area contributed by atoms with Crippen LogP contribution in [0.15, 0.2) is 80.0 Å². The van der Waals surface area contributed by atoms with Crippen LogP contribution in [0.4, 0.5) is 45.0 Å². The largest absolute Gasteiger partial charge is 0.444 e. The SMILES string of the molecule is Cn1cc(NC(=O)c2nc(NC(=O)CCNC(=O)c3cc(NC(=O)c4nc(NC(=O)[C@@H](CCNC(=O)c5cc(NC(=O)c6nc(NC(=O)CCNC(=O)c7cc(NC(=O)c8nccn8C)cn7C)cn6C)cn5C)NC(=O)OC(C)(C)C)cn4C)cn3C)cn2C)cc1C(=O)NCCO. The molecule has 0 aliphatic rings. The maximum Gasteiger partial charge on any atom is 0.408 e. The van der Waals surface area contributed by atoms with E-state index in [0.29, 0.717) is 11.4 Å². The second kappa shape index (κ2) is 31.3. The van der Waals surface area contributed by atoms with Crippen molar-refractivity contribution in [1.29, 1.82) is 0 Å². The van der Waals surface area contributed by atoms with Gasteiger partial charge in [0.2, 0.25) is 35.2 Å². The molecule has 8 aromatic rings. The lowest BCUT2D eigenvalue weighted by molar-refractivity contribution is -0.118. The maximum atomic E-state index is 13.9. The summed E-state index contributed by atoms with van der Waals surface area (Å²) in [4.78, 5) is 174. The molecule has 0 aromatic carbocycles. The molecule has 0 bridgehead atoms. The number of rotatable bonds is 28. The molecule has 38 heteroatoms. The highest BCUT2D eigenvalue weighted by molar-refractivity contribution is 6.07. The monoisotopic (exact) mass is 1370 g/mol. The third-order valence-corrected chi connectivity index (χ3v) is 14.4. The number of carbonyl (C=O) groups excluding carboxylic acids is 12. The number of nitrogens with zero attached hydrogens (tertiary/aromatic N) is 12. The summed E-state index contributed by atoms with van der Waals surface area (Å²) in [6.07, 6.45) is 11.9. The first-order valence-electron chi connectivity index (χ1n) is 30.4. The van der Waals surface area contributed by atoms with Crippen LogP contribution >= 0.6 is 0 Å². The fourth-order valence-corrected chi connectivity index (χ4v) is 9.76. The van der Waals surface area contributed by atoms with Gasteiger partial charge in [-0.05, 0) is 51.5 Å². The summed E-state index contributed by atoms with van der Waals surface area (Å²) < 4.78 is 17.0. The van der Waals surface area contributed by atoms with Crippen LogP contribution in [0.1, 0.15) is 124 Å². The van der Waals surface area contributed by atoms with Crippen LogP contribution in [-0.2, 0) is 75.5 Å². The summed E-state index contributed by atoms with van der Waals surface area (Å²) in [6, 6.07) is 4.39. The summed E-state index contributed by atoms with van der Waals surface area (Å²) in [5.41, 5.74) is 0.784. The highest BCUT2D eigenvalue weighted by Gasteiger charge is 2.28. The topological polar surface area (TPSA) is 470 Å². The average Bonchev–Trinajstić information content (AvgIpc) is 1.70. The zero-order valence-electron chi connectivity index (χ0n) is 55.9. The van der Waals surface area contributed by atoms with Gasteiger partial charge < -0.3 is 110 Å². The number of carbonyl (C=O) groups is 12. The average molecular weight is 1370 g/mol. The number of aliphatic hydroxyl groups is 1. The molecular formula is C61H76N24O14. The van der Waals surface area contributed by atoms with Gasteiger partial charge in [0.1, 0.15) is 34.4 Å². The van der Waals surface area contributed by atoms with Crippen molar-refractivity contribution in [3.63, 3.8) is 0 Å². The lowest BCUT2D eigenvalue weighted by atomic mass is 10.2. The number of hydrogen-bond donors (Lipinski definition) is 13. The van der Waals surface area contributed by atoms with Crippen LogP contribution in [0.3, 0.4) is 0 Å². The van der Waals surface area contributed by atoms with Crippen LogP contribution in [0.5, 0.6) is 0 Å². The molecule has 0 saturated carbocycles. The Balaban J connectivity index is 0.780. The first-order chi connectivity index (χ1) is 46.8. The van der Waals surface area contributed by atoms with E-state index in [9.17, 15) is 57.5 Å².